The third-order valence-corrected chi connectivity index (χ3v) is 3.97. The molecule has 0 bridgehead atoms. The molecule has 1 fully saturated rings. The van der Waals surface area contributed by atoms with Crippen LogP contribution in [0, 0.1) is 5.92 Å². The first-order valence-electron chi connectivity index (χ1n) is 6.45. The fraction of sp³-hybridized carbons (Fsp3) is 0.500. The van der Waals surface area contributed by atoms with E-state index in [2.05, 4.69) is 10.6 Å². The van der Waals surface area contributed by atoms with Gasteiger partial charge in [0.15, 0.2) is 0 Å². The molecule has 3 N–H and O–H groups in total. The second-order valence-electron chi connectivity index (χ2n) is 5.25. The van der Waals surface area contributed by atoms with Crippen molar-refractivity contribution in [3.05, 3.63) is 34.9 Å². The molecule has 4 nitrogen and oxygen atoms in total. The van der Waals surface area contributed by atoms with Crippen LogP contribution in [-0.2, 0) is 6.54 Å². The highest BCUT2D eigenvalue weighted by Gasteiger charge is 2.42. The number of carbonyl (C=O) groups is 1. The second-order valence-corrected chi connectivity index (χ2v) is 5.66. The van der Waals surface area contributed by atoms with E-state index in [1.807, 2.05) is 25.1 Å². The molecule has 1 saturated carbocycles. The Labute approximate surface area is 118 Å². The van der Waals surface area contributed by atoms with Gasteiger partial charge in [-0.25, -0.2) is 4.79 Å². The largest absolute Gasteiger partial charge is 0.394 e. The van der Waals surface area contributed by atoms with Gasteiger partial charge in [-0.2, -0.15) is 0 Å². The van der Waals surface area contributed by atoms with E-state index in [1.54, 1.807) is 6.07 Å². The molecule has 19 heavy (non-hydrogen) atoms. The summed E-state index contributed by atoms with van der Waals surface area (Å²) in [5.41, 5.74) is 0.348. The molecule has 1 unspecified atom stereocenters. The molecular weight excluding hydrogens is 264 g/mol. The number of halogens is 1. The van der Waals surface area contributed by atoms with Gasteiger partial charge in [0.25, 0.3) is 0 Å². The molecular formula is C14H19ClN2O2. The summed E-state index contributed by atoms with van der Waals surface area (Å²) in [5.74, 6) is 0.378. The van der Waals surface area contributed by atoms with Gasteiger partial charge >= 0.3 is 6.03 Å². The summed E-state index contributed by atoms with van der Waals surface area (Å²) in [5, 5.41) is 15.7. The van der Waals surface area contributed by atoms with Crippen LogP contribution in [0.5, 0.6) is 0 Å². The van der Waals surface area contributed by atoms with Gasteiger partial charge in [-0.1, -0.05) is 29.8 Å². The molecule has 0 aromatic heterocycles. The van der Waals surface area contributed by atoms with Crippen molar-refractivity contribution in [2.24, 2.45) is 5.92 Å². The molecule has 2 rings (SSSR count). The molecule has 5 heteroatoms. The summed E-state index contributed by atoms with van der Waals surface area (Å²) < 4.78 is 0. The minimum absolute atomic E-state index is 0.0445. The highest BCUT2D eigenvalue weighted by atomic mass is 35.5. The maximum atomic E-state index is 11.9. The monoisotopic (exact) mass is 282 g/mol. The minimum atomic E-state index is -0.523. The maximum Gasteiger partial charge on any atom is 0.315 e. The molecule has 0 saturated heterocycles. The second kappa shape index (κ2) is 5.80. The Morgan fingerprint density at radius 3 is 2.74 bits per heavy atom. The first-order chi connectivity index (χ1) is 9.05. The van der Waals surface area contributed by atoms with E-state index in [9.17, 15) is 9.90 Å². The quantitative estimate of drug-likeness (QED) is 0.776. The number of carbonyl (C=O) groups excluding carboxylic acids is 1. The third-order valence-electron chi connectivity index (χ3n) is 3.60. The Hall–Kier alpha value is -1.26. The molecule has 1 aromatic rings. The van der Waals surface area contributed by atoms with Gasteiger partial charge in [0.2, 0.25) is 0 Å². The number of benzene rings is 1. The van der Waals surface area contributed by atoms with Gasteiger partial charge in [-0.15, -0.1) is 0 Å². The normalized spacial score (nSPS) is 17.6. The summed E-state index contributed by atoms with van der Waals surface area (Å²) in [6.07, 6.45) is 2.11. The smallest absolute Gasteiger partial charge is 0.315 e. The molecule has 1 atom stereocenters. The van der Waals surface area contributed by atoms with Crippen LogP contribution >= 0.6 is 11.6 Å². The van der Waals surface area contributed by atoms with Gasteiger partial charge in [0, 0.05) is 11.6 Å². The number of aliphatic hydroxyl groups is 1. The van der Waals surface area contributed by atoms with Crippen molar-refractivity contribution < 1.29 is 9.90 Å². The summed E-state index contributed by atoms with van der Waals surface area (Å²) in [6, 6.07) is 7.11. The van der Waals surface area contributed by atoms with Crippen molar-refractivity contribution in [2.75, 3.05) is 6.61 Å². The van der Waals surface area contributed by atoms with E-state index in [-0.39, 0.29) is 12.6 Å². The number of hydrogen-bond donors (Lipinski definition) is 3. The van der Waals surface area contributed by atoms with Crippen LogP contribution < -0.4 is 10.6 Å². The van der Waals surface area contributed by atoms with Gasteiger partial charge in [-0.05, 0) is 37.3 Å². The van der Waals surface area contributed by atoms with Crippen LogP contribution in [-0.4, -0.2) is 23.3 Å². The number of hydrogen-bond acceptors (Lipinski definition) is 2. The summed E-state index contributed by atoms with van der Waals surface area (Å²) in [4.78, 5) is 11.9. The van der Waals surface area contributed by atoms with Crippen LogP contribution in [0.4, 0.5) is 4.79 Å². The number of nitrogens with one attached hydrogen (secondary N) is 2. The average Bonchev–Trinajstić information content (AvgIpc) is 3.22. The highest BCUT2D eigenvalue weighted by Crippen LogP contribution is 2.39. The van der Waals surface area contributed by atoms with Crippen molar-refractivity contribution in [2.45, 2.75) is 31.8 Å². The van der Waals surface area contributed by atoms with E-state index in [0.29, 0.717) is 17.5 Å². The number of amides is 2. The molecule has 0 radical (unpaired) electrons. The highest BCUT2D eigenvalue weighted by molar-refractivity contribution is 6.31. The van der Waals surface area contributed by atoms with Crippen molar-refractivity contribution in [3.63, 3.8) is 0 Å². The summed E-state index contributed by atoms with van der Waals surface area (Å²) in [7, 11) is 0. The van der Waals surface area contributed by atoms with Crippen molar-refractivity contribution >= 4 is 17.6 Å². The minimum Gasteiger partial charge on any atom is -0.394 e. The fourth-order valence-electron chi connectivity index (χ4n) is 2.11. The zero-order chi connectivity index (χ0) is 13.9. The Morgan fingerprint density at radius 2 is 2.16 bits per heavy atom. The van der Waals surface area contributed by atoms with Crippen molar-refractivity contribution in [3.8, 4) is 0 Å². The van der Waals surface area contributed by atoms with Gasteiger partial charge in [-0.3, -0.25) is 0 Å². The lowest BCUT2D eigenvalue weighted by atomic mass is 9.97. The standard InChI is InChI=1S/C14H19ClN2O2/c1-14(9-18,11-6-7-11)17-13(19)16-8-10-4-2-3-5-12(10)15/h2-5,11,18H,6-9H2,1H3,(H2,16,17,19). The van der Waals surface area contributed by atoms with E-state index < -0.39 is 5.54 Å². The molecule has 0 heterocycles. The number of urea groups is 1. The SMILES string of the molecule is CC(CO)(NC(=O)NCc1ccccc1Cl)C1CC1. The van der Waals surface area contributed by atoms with Crippen LogP contribution in [0.15, 0.2) is 24.3 Å². The average molecular weight is 283 g/mol. The van der Waals surface area contributed by atoms with Crippen molar-refractivity contribution in [1.29, 1.82) is 0 Å². The molecule has 104 valence electrons. The lowest BCUT2D eigenvalue weighted by Gasteiger charge is -2.28. The molecule has 1 aromatic carbocycles. The lowest BCUT2D eigenvalue weighted by molar-refractivity contribution is 0.155. The fourth-order valence-corrected chi connectivity index (χ4v) is 2.31. The summed E-state index contributed by atoms with van der Waals surface area (Å²) >= 11 is 6.02. The Balaban J connectivity index is 1.86. The zero-order valence-electron chi connectivity index (χ0n) is 10.9. The van der Waals surface area contributed by atoms with Gasteiger partial charge < -0.3 is 15.7 Å². The summed E-state index contributed by atoms with van der Waals surface area (Å²) in [6.45, 7) is 2.20. The van der Waals surface area contributed by atoms with Gasteiger partial charge in [0.05, 0.1) is 12.1 Å². The maximum absolute atomic E-state index is 11.9. The lowest BCUT2D eigenvalue weighted by Crippen LogP contribution is -2.53. The Morgan fingerprint density at radius 1 is 1.47 bits per heavy atom. The Bertz CT molecular complexity index is 463. The molecule has 0 aliphatic heterocycles. The van der Waals surface area contributed by atoms with Gasteiger partial charge in [0.1, 0.15) is 0 Å². The molecule has 0 spiro atoms. The van der Waals surface area contributed by atoms with E-state index in [4.69, 9.17) is 11.6 Å². The Kier molecular flexibility index (Phi) is 4.32. The van der Waals surface area contributed by atoms with Crippen molar-refractivity contribution in [1.82, 2.24) is 10.6 Å². The first-order valence-corrected chi connectivity index (χ1v) is 6.83. The van der Waals surface area contributed by atoms with E-state index in [1.165, 1.54) is 0 Å². The first kappa shape index (κ1) is 14.2. The van der Waals surface area contributed by atoms with Crippen LogP contribution in [0.3, 0.4) is 0 Å². The number of rotatable bonds is 5. The van der Waals surface area contributed by atoms with E-state index in [0.717, 1.165) is 18.4 Å². The van der Waals surface area contributed by atoms with E-state index >= 15 is 0 Å². The molecule has 1 aliphatic carbocycles. The molecule has 1 aliphatic rings. The van der Waals surface area contributed by atoms with Crippen LogP contribution in [0.25, 0.3) is 0 Å². The molecule has 2 amide bonds. The van der Waals surface area contributed by atoms with Crippen LogP contribution in [0.1, 0.15) is 25.3 Å². The third kappa shape index (κ3) is 3.61. The predicted molar refractivity (Wildman–Crippen MR) is 75.0 cm³/mol. The zero-order valence-corrected chi connectivity index (χ0v) is 11.7. The predicted octanol–water partition coefficient (Wildman–Crippen LogP) is 2.30. The van der Waals surface area contributed by atoms with Crippen LogP contribution in [0.2, 0.25) is 5.02 Å². The number of aliphatic hydroxyl groups excluding tert-OH is 1. The topological polar surface area (TPSA) is 61.4 Å².